The smallest absolute Gasteiger partial charge is 0.158 e. The Bertz CT molecular complexity index is 561. The first-order valence-corrected chi connectivity index (χ1v) is 6.85. The summed E-state index contributed by atoms with van der Waals surface area (Å²) in [6.07, 6.45) is 0. The molecule has 1 atom stereocenters. The van der Waals surface area contributed by atoms with E-state index in [4.69, 9.17) is 10.6 Å². The number of hydrogen-bond acceptors (Lipinski definition) is 6. The molecule has 0 bridgehead atoms. The van der Waals surface area contributed by atoms with Crippen molar-refractivity contribution in [3.05, 3.63) is 47.8 Å². The molecule has 2 aromatic rings. The van der Waals surface area contributed by atoms with Crippen LogP contribution in [0.2, 0.25) is 0 Å². The van der Waals surface area contributed by atoms with Crippen molar-refractivity contribution in [2.24, 2.45) is 5.84 Å². The first-order valence-electron chi connectivity index (χ1n) is 6.85. The van der Waals surface area contributed by atoms with E-state index >= 15 is 0 Å². The molecule has 1 aromatic heterocycles. The van der Waals surface area contributed by atoms with E-state index in [0.717, 1.165) is 12.4 Å². The van der Waals surface area contributed by atoms with Gasteiger partial charge in [0.1, 0.15) is 18.2 Å². The number of hydrogen-bond donors (Lipinski definition) is 3. The van der Waals surface area contributed by atoms with E-state index in [1.807, 2.05) is 18.2 Å². The molecule has 2 rings (SSSR count). The second-order valence-electron chi connectivity index (χ2n) is 4.82. The van der Waals surface area contributed by atoms with Gasteiger partial charge in [-0.25, -0.2) is 15.8 Å². The number of nitrogen functional groups attached to an aromatic ring is 1. The highest BCUT2D eigenvalue weighted by molar-refractivity contribution is 5.47. The normalized spacial score (nSPS) is 12.0. The number of nitrogens with zero attached hydrogens (tertiary/aromatic N) is 2. The molecule has 1 unspecified atom stereocenters. The van der Waals surface area contributed by atoms with Crippen molar-refractivity contribution in [3.63, 3.8) is 0 Å². The fourth-order valence-electron chi connectivity index (χ4n) is 2.01. The largest absolute Gasteiger partial charge is 0.377 e. The van der Waals surface area contributed by atoms with E-state index in [1.165, 1.54) is 5.56 Å². The summed E-state index contributed by atoms with van der Waals surface area (Å²) in [5.41, 5.74) is 3.82. The van der Waals surface area contributed by atoms with E-state index in [9.17, 15) is 0 Å². The topological polar surface area (TPSA) is 85.1 Å². The standard InChI is InChI=1S/C15H21N5O/c1-11(12-6-4-3-5-7-12)9-17-13-8-14(20-16)19-15(18-13)10-21-2/h3-8,11H,9-10,16H2,1-2H3,(H2,17,18,19,20). The molecule has 0 saturated carbocycles. The quantitative estimate of drug-likeness (QED) is 0.534. The van der Waals surface area contributed by atoms with Crippen LogP contribution in [0.3, 0.4) is 0 Å². The molecule has 1 aromatic carbocycles. The lowest BCUT2D eigenvalue weighted by Gasteiger charge is -2.14. The van der Waals surface area contributed by atoms with Crippen molar-refractivity contribution in [1.29, 1.82) is 0 Å². The summed E-state index contributed by atoms with van der Waals surface area (Å²) in [5, 5.41) is 3.31. The van der Waals surface area contributed by atoms with Gasteiger partial charge in [0.2, 0.25) is 0 Å². The number of nitrogens with two attached hydrogens (primary N) is 1. The van der Waals surface area contributed by atoms with Crippen LogP contribution in [0.5, 0.6) is 0 Å². The second-order valence-corrected chi connectivity index (χ2v) is 4.82. The number of hydrazine groups is 1. The van der Waals surface area contributed by atoms with Crippen LogP contribution in [-0.2, 0) is 11.3 Å². The monoisotopic (exact) mass is 287 g/mol. The Hall–Kier alpha value is -2.18. The average molecular weight is 287 g/mol. The molecule has 0 aliphatic carbocycles. The molecule has 0 spiro atoms. The van der Waals surface area contributed by atoms with Gasteiger partial charge in [-0.2, -0.15) is 0 Å². The maximum Gasteiger partial charge on any atom is 0.158 e. The molecule has 0 saturated heterocycles. The number of methoxy groups -OCH3 is 1. The third-order valence-electron chi connectivity index (χ3n) is 3.15. The molecule has 0 fully saturated rings. The van der Waals surface area contributed by atoms with Crippen LogP contribution in [-0.4, -0.2) is 23.6 Å². The van der Waals surface area contributed by atoms with E-state index < -0.39 is 0 Å². The molecule has 0 aliphatic rings. The highest BCUT2D eigenvalue weighted by Gasteiger charge is 2.07. The van der Waals surface area contributed by atoms with E-state index in [2.05, 4.69) is 39.8 Å². The van der Waals surface area contributed by atoms with Crippen LogP contribution < -0.4 is 16.6 Å². The van der Waals surface area contributed by atoms with Crippen molar-refractivity contribution < 1.29 is 4.74 Å². The molecular formula is C15H21N5O. The van der Waals surface area contributed by atoms with Gasteiger partial charge in [0.05, 0.1) is 0 Å². The first-order chi connectivity index (χ1) is 10.2. The van der Waals surface area contributed by atoms with Crippen LogP contribution in [0.1, 0.15) is 24.2 Å². The van der Waals surface area contributed by atoms with Crippen LogP contribution in [0, 0.1) is 0 Å². The lowest BCUT2D eigenvalue weighted by atomic mass is 10.0. The Morgan fingerprint density at radius 2 is 1.90 bits per heavy atom. The summed E-state index contributed by atoms with van der Waals surface area (Å²) in [7, 11) is 1.61. The Balaban J connectivity index is 2.03. The summed E-state index contributed by atoms with van der Waals surface area (Å²) in [4.78, 5) is 8.61. The number of rotatable bonds is 7. The Morgan fingerprint density at radius 3 is 2.57 bits per heavy atom. The van der Waals surface area contributed by atoms with Gasteiger partial charge in [-0.05, 0) is 11.5 Å². The second kappa shape index (κ2) is 7.56. The summed E-state index contributed by atoms with van der Waals surface area (Å²) in [6, 6.07) is 12.1. The van der Waals surface area contributed by atoms with E-state index in [1.54, 1.807) is 13.2 Å². The van der Waals surface area contributed by atoms with Crippen LogP contribution in [0.4, 0.5) is 11.6 Å². The van der Waals surface area contributed by atoms with Gasteiger partial charge < -0.3 is 15.5 Å². The van der Waals surface area contributed by atoms with Crippen molar-refractivity contribution in [2.45, 2.75) is 19.4 Å². The zero-order valence-corrected chi connectivity index (χ0v) is 12.3. The molecule has 112 valence electrons. The number of anilines is 2. The number of aromatic nitrogens is 2. The predicted molar refractivity (Wildman–Crippen MR) is 83.9 cm³/mol. The zero-order chi connectivity index (χ0) is 15.1. The lowest BCUT2D eigenvalue weighted by Crippen LogP contribution is -2.15. The summed E-state index contributed by atoms with van der Waals surface area (Å²) < 4.78 is 5.06. The highest BCUT2D eigenvalue weighted by atomic mass is 16.5. The zero-order valence-electron chi connectivity index (χ0n) is 12.3. The van der Waals surface area contributed by atoms with Gasteiger partial charge in [0.15, 0.2) is 5.82 Å². The SMILES string of the molecule is COCc1nc(NN)cc(NCC(C)c2ccccc2)n1. The maximum absolute atomic E-state index is 5.42. The molecule has 6 heteroatoms. The van der Waals surface area contributed by atoms with Crippen molar-refractivity contribution >= 4 is 11.6 Å². The predicted octanol–water partition coefficient (Wildman–Crippen LogP) is 2.12. The Kier molecular flexibility index (Phi) is 5.48. The van der Waals surface area contributed by atoms with Gasteiger partial charge in [-0.1, -0.05) is 37.3 Å². The minimum Gasteiger partial charge on any atom is -0.377 e. The average Bonchev–Trinajstić information content (AvgIpc) is 2.53. The first kappa shape index (κ1) is 15.2. The third kappa shape index (κ3) is 4.40. The summed E-state index contributed by atoms with van der Waals surface area (Å²) in [6.45, 7) is 3.29. The van der Waals surface area contributed by atoms with Crippen LogP contribution in [0.15, 0.2) is 36.4 Å². The molecule has 4 N–H and O–H groups in total. The molecule has 21 heavy (non-hydrogen) atoms. The van der Waals surface area contributed by atoms with Crippen molar-refractivity contribution in [3.8, 4) is 0 Å². The van der Waals surface area contributed by atoms with Crippen LogP contribution in [0.25, 0.3) is 0 Å². The van der Waals surface area contributed by atoms with Gasteiger partial charge in [0.25, 0.3) is 0 Å². The molecule has 1 heterocycles. The molecule has 6 nitrogen and oxygen atoms in total. The Morgan fingerprint density at radius 1 is 1.19 bits per heavy atom. The highest BCUT2D eigenvalue weighted by Crippen LogP contribution is 2.16. The Labute approximate surface area is 124 Å². The molecule has 0 amide bonds. The van der Waals surface area contributed by atoms with Gasteiger partial charge in [0, 0.05) is 19.7 Å². The number of nitrogens with one attached hydrogen (secondary N) is 2. The number of ether oxygens (including phenoxy) is 1. The lowest BCUT2D eigenvalue weighted by molar-refractivity contribution is 0.178. The minimum atomic E-state index is 0.346. The summed E-state index contributed by atoms with van der Waals surface area (Å²) in [5.74, 6) is 7.68. The fraction of sp³-hybridized carbons (Fsp3) is 0.333. The molecular weight excluding hydrogens is 266 g/mol. The fourth-order valence-corrected chi connectivity index (χ4v) is 2.01. The molecule has 0 aliphatic heterocycles. The van der Waals surface area contributed by atoms with Crippen molar-refractivity contribution in [1.82, 2.24) is 9.97 Å². The third-order valence-corrected chi connectivity index (χ3v) is 3.15. The van der Waals surface area contributed by atoms with E-state index in [0.29, 0.717) is 24.2 Å². The molecule has 0 radical (unpaired) electrons. The number of benzene rings is 1. The van der Waals surface area contributed by atoms with Gasteiger partial charge in [-0.3, -0.25) is 0 Å². The van der Waals surface area contributed by atoms with Crippen molar-refractivity contribution in [2.75, 3.05) is 24.4 Å². The maximum atomic E-state index is 5.42. The van der Waals surface area contributed by atoms with E-state index in [-0.39, 0.29) is 0 Å². The summed E-state index contributed by atoms with van der Waals surface area (Å²) >= 11 is 0. The minimum absolute atomic E-state index is 0.346. The van der Waals surface area contributed by atoms with Gasteiger partial charge >= 0.3 is 0 Å². The van der Waals surface area contributed by atoms with Crippen LogP contribution >= 0.6 is 0 Å². The van der Waals surface area contributed by atoms with Gasteiger partial charge in [-0.15, -0.1) is 0 Å².